The van der Waals surface area contributed by atoms with Gasteiger partial charge >= 0.3 is 0 Å². The highest BCUT2D eigenvalue weighted by Crippen LogP contribution is 2.19. The Morgan fingerprint density at radius 1 is 1.16 bits per heavy atom. The molecule has 0 aromatic heterocycles. The standard InChI is InChI=1S/C13H27N3O2S/c1-16-10-5-12(6-11-16)2-9-15-19(17,18)13-3-7-14-8-4-13/h12-15H,2-11H2,1H3. The van der Waals surface area contributed by atoms with Crippen molar-refractivity contribution in [3.8, 4) is 0 Å². The lowest BCUT2D eigenvalue weighted by atomic mass is 9.94. The number of nitrogens with zero attached hydrogens (tertiary/aromatic N) is 1. The molecule has 2 N–H and O–H groups in total. The lowest BCUT2D eigenvalue weighted by Gasteiger charge is -2.29. The molecular weight excluding hydrogens is 262 g/mol. The molecule has 2 aliphatic heterocycles. The van der Waals surface area contributed by atoms with Gasteiger partial charge < -0.3 is 10.2 Å². The minimum Gasteiger partial charge on any atom is -0.317 e. The van der Waals surface area contributed by atoms with Crippen LogP contribution in [-0.2, 0) is 10.0 Å². The van der Waals surface area contributed by atoms with Gasteiger partial charge in [-0.2, -0.15) is 0 Å². The summed E-state index contributed by atoms with van der Waals surface area (Å²) in [4.78, 5) is 2.34. The monoisotopic (exact) mass is 289 g/mol. The van der Waals surface area contributed by atoms with Crippen molar-refractivity contribution < 1.29 is 8.42 Å². The van der Waals surface area contributed by atoms with E-state index in [1.807, 2.05) is 0 Å². The third kappa shape index (κ3) is 4.70. The molecule has 0 aromatic rings. The highest BCUT2D eigenvalue weighted by atomic mass is 32.2. The van der Waals surface area contributed by atoms with Crippen LogP contribution in [0.2, 0.25) is 0 Å². The molecule has 0 atom stereocenters. The van der Waals surface area contributed by atoms with Gasteiger partial charge in [0.25, 0.3) is 0 Å². The average Bonchev–Trinajstić information content (AvgIpc) is 2.42. The van der Waals surface area contributed by atoms with E-state index in [-0.39, 0.29) is 5.25 Å². The smallest absolute Gasteiger partial charge is 0.214 e. The Morgan fingerprint density at radius 2 is 1.79 bits per heavy atom. The second-order valence-electron chi connectivity index (χ2n) is 5.92. The van der Waals surface area contributed by atoms with Crippen LogP contribution in [0, 0.1) is 5.92 Å². The predicted molar refractivity (Wildman–Crippen MR) is 77.7 cm³/mol. The van der Waals surface area contributed by atoms with Crippen LogP contribution in [0.15, 0.2) is 0 Å². The van der Waals surface area contributed by atoms with E-state index in [2.05, 4.69) is 22.0 Å². The molecule has 2 aliphatic rings. The fraction of sp³-hybridized carbons (Fsp3) is 1.00. The molecule has 0 aliphatic carbocycles. The van der Waals surface area contributed by atoms with Crippen LogP contribution in [0.4, 0.5) is 0 Å². The fourth-order valence-corrected chi connectivity index (χ4v) is 4.47. The summed E-state index contributed by atoms with van der Waals surface area (Å²) in [6.45, 7) is 4.54. The van der Waals surface area contributed by atoms with Gasteiger partial charge in [-0.05, 0) is 71.2 Å². The molecule has 0 amide bonds. The minimum absolute atomic E-state index is 0.189. The van der Waals surface area contributed by atoms with Crippen molar-refractivity contribution in [3.63, 3.8) is 0 Å². The fourth-order valence-electron chi connectivity index (χ4n) is 2.98. The Hall–Kier alpha value is -0.170. The molecule has 2 fully saturated rings. The molecule has 2 heterocycles. The third-order valence-corrected chi connectivity index (χ3v) is 6.37. The largest absolute Gasteiger partial charge is 0.317 e. The number of sulfonamides is 1. The van der Waals surface area contributed by atoms with Crippen molar-refractivity contribution in [1.82, 2.24) is 14.9 Å². The summed E-state index contributed by atoms with van der Waals surface area (Å²) in [5, 5.41) is 3.01. The second-order valence-corrected chi connectivity index (χ2v) is 7.97. The Balaban J connectivity index is 1.69. The zero-order valence-corrected chi connectivity index (χ0v) is 12.7. The Bertz CT molecular complexity index is 358. The Labute approximate surface area is 117 Å². The summed E-state index contributed by atoms with van der Waals surface area (Å²) < 4.78 is 27.1. The van der Waals surface area contributed by atoms with Crippen LogP contribution < -0.4 is 10.0 Å². The number of hydrogen-bond acceptors (Lipinski definition) is 4. The summed E-state index contributed by atoms with van der Waals surface area (Å²) in [5.41, 5.74) is 0. The first kappa shape index (κ1) is 15.2. The molecule has 5 nitrogen and oxygen atoms in total. The molecule has 112 valence electrons. The normalized spacial score (nSPS) is 24.7. The Kier molecular flexibility index (Phi) is 5.62. The molecule has 6 heteroatoms. The highest BCUT2D eigenvalue weighted by molar-refractivity contribution is 7.90. The van der Waals surface area contributed by atoms with Crippen LogP contribution >= 0.6 is 0 Å². The molecule has 0 saturated carbocycles. The van der Waals surface area contributed by atoms with E-state index in [4.69, 9.17) is 0 Å². The molecule has 0 aromatic carbocycles. The molecule has 0 unspecified atom stereocenters. The van der Waals surface area contributed by atoms with Crippen molar-refractivity contribution in [1.29, 1.82) is 0 Å². The van der Waals surface area contributed by atoms with Gasteiger partial charge in [0, 0.05) is 6.54 Å². The summed E-state index contributed by atoms with van der Waals surface area (Å²) in [5.74, 6) is 0.687. The molecule has 0 radical (unpaired) electrons. The van der Waals surface area contributed by atoms with Gasteiger partial charge in [-0.15, -0.1) is 0 Å². The first-order chi connectivity index (χ1) is 9.08. The van der Waals surface area contributed by atoms with Crippen LogP contribution in [0.25, 0.3) is 0 Å². The zero-order chi connectivity index (χ0) is 13.7. The van der Waals surface area contributed by atoms with Gasteiger partial charge in [-0.1, -0.05) is 0 Å². The highest BCUT2D eigenvalue weighted by Gasteiger charge is 2.27. The van der Waals surface area contributed by atoms with Crippen molar-refractivity contribution in [3.05, 3.63) is 0 Å². The molecule has 19 heavy (non-hydrogen) atoms. The molecular formula is C13H27N3O2S. The molecule has 2 rings (SSSR count). The Morgan fingerprint density at radius 3 is 2.42 bits per heavy atom. The van der Waals surface area contributed by atoms with Gasteiger partial charge in [-0.25, -0.2) is 13.1 Å². The second kappa shape index (κ2) is 7.02. The summed E-state index contributed by atoms with van der Waals surface area (Å²) in [7, 11) is -0.946. The first-order valence-corrected chi connectivity index (χ1v) is 9.00. The number of nitrogens with one attached hydrogen (secondary N) is 2. The first-order valence-electron chi connectivity index (χ1n) is 7.45. The van der Waals surface area contributed by atoms with Crippen LogP contribution in [0.5, 0.6) is 0 Å². The van der Waals surface area contributed by atoms with E-state index in [1.54, 1.807) is 0 Å². The zero-order valence-electron chi connectivity index (χ0n) is 11.9. The maximum absolute atomic E-state index is 12.1. The van der Waals surface area contributed by atoms with Crippen LogP contribution in [0.1, 0.15) is 32.1 Å². The summed E-state index contributed by atoms with van der Waals surface area (Å²) >= 11 is 0. The van der Waals surface area contributed by atoms with Gasteiger partial charge in [0.15, 0.2) is 0 Å². The van der Waals surface area contributed by atoms with Gasteiger partial charge in [-0.3, -0.25) is 0 Å². The quantitative estimate of drug-likeness (QED) is 0.769. The van der Waals surface area contributed by atoms with Crippen LogP contribution in [-0.4, -0.2) is 58.3 Å². The van der Waals surface area contributed by atoms with Crippen molar-refractivity contribution in [2.24, 2.45) is 5.92 Å². The van der Waals surface area contributed by atoms with Crippen LogP contribution in [0.3, 0.4) is 0 Å². The number of rotatable bonds is 5. The third-order valence-electron chi connectivity index (χ3n) is 4.42. The van der Waals surface area contributed by atoms with E-state index in [1.165, 1.54) is 12.8 Å². The topological polar surface area (TPSA) is 61.4 Å². The van der Waals surface area contributed by atoms with Gasteiger partial charge in [0.1, 0.15) is 0 Å². The predicted octanol–water partition coefficient (Wildman–Crippen LogP) is 0.390. The van der Waals surface area contributed by atoms with E-state index < -0.39 is 10.0 Å². The van der Waals surface area contributed by atoms with E-state index in [9.17, 15) is 8.42 Å². The van der Waals surface area contributed by atoms with E-state index >= 15 is 0 Å². The SMILES string of the molecule is CN1CCC(CCNS(=O)(=O)C2CCNCC2)CC1. The average molecular weight is 289 g/mol. The maximum atomic E-state index is 12.1. The van der Waals surface area contributed by atoms with Gasteiger partial charge in [0.05, 0.1) is 5.25 Å². The minimum atomic E-state index is -3.10. The number of likely N-dealkylation sites (tertiary alicyclic amines) is 1. The van der Waals surface area contributed by atoms with Gasteiger partial charge in [0.2, 0.25) is 10.0 Å². The summed E-state index contributed by atoms with van der Waals surface area (Å²) in [6, 6.07) is 0. The maximum Gasteiger partial charge on any atom is 0.214 e. The molecule has 2 saturated heterocycles. The molecule has 0 spiro atoms. The summed E-state index contributed by atoms with van der Waals surface area (Å²) in [6.07, 6.45) is 4.86. The molecule has 0 bridgehead atoms. The van der Waals surface area contributed by atoms with E-state index in [0.717, 1.165) is 45.4 Å². The van der Waals surface area contributed by atoms with Crippen molar-refractivity contribution >= 4 is 10.0 Å². The van der Waals surface area contributed by atoms with Crippen molar-refractivity contribution in [2.45, 2.75) is 37.4 Å². The number of hydrogen-bond donors (Lipinski definition) is 2. The lowest BCUT2D eigenvalue weighted by Crippen LogP contribution is -2.42. The number of piperidine rings is 2. The van der Waals surface area contributed by atoms with E-state index in [0.29, 0.717) is 12.5 Å². The van der Waals surface area contributed by atoms with Crippen molar-refractivity contribution in [2.75, 3.05) is 39.8 Å². The lowest BCUT2D eigenvalue weighted by molar-refractivity contribution is 0.213.